The summed E-state index contributed by atoms with van der Waals surface area (Å²) in [4.78, 5) is 19.5. The molecule has 0 amide bonds. The Morgan fingerprint density at radius 2 is 2.00 bits per heavy atom. The van der Waals surface area contributed by atoms with Gasteiger partial charge in [-0.05, 0) is 12.1 Å². The Labute approximate surface area is 197 Å². The molecule has 1 atom stereocenters. The van der Waals surface area contributed by atoms with Crippen LogP contribution in [0.3, 0.4) is 0 Å². The second kappa shape index (κ2) is 9.24. The van der Waals surface area contributed by atoms with Crippen molar-refractivity contribution in [3.05, 3.63) is 63.2 Å². The third-order valence-electron chi connectivity index (χ3n) is 5.44. The summed E-state index contributed by atoms with van der Waals surface area (Å²) in [5.41, 5.74) is 1.87. The maximum Gasteiger partial charge on any atom is 0.134 e. The van der Waals surface area contributed by atoms with Crippen molar-refractivity contribution in [2.24, 2.45) is 0 Å². The molecular formula is C22H19ClFN5O3S. The van der Waals surface area contributed by atoms with E-state index in [1.807, 2.05) is 6.07 Å². The molecule has 1 saturated heterocycles. The number of hydrogen-bond acceptors (Lipinski definition) is 9. The van der Waals surface area contributed by atoms with Gasteiger partial charge in [0.1, 0.15) is 29.1 Å². The van der Waals surface area contributed by atoms with Crippen molar-refractivity contribution in [3.63, 3.8) is 0 Å². The molecule has 1 unspecified atom stereocenters. The largest absolute Gasteiger partial charge is 0.390 e. The molecule has 0 radical (unpaired) electrons. The Morgan fingerprint density at radius 1 is 1.18 bits per heavy atom. The first-order chi connectivity index (χ1) is 16.0. The zero-order valence-electron chi connectivity index (χ0n) is 17.3. The Balaban J connectivity index is 1.57. The van der Waals surface area contributed by atoms with Gasteiger partial charge in [0.2, 0.25) is 0 Å². The third kappa shape index (κ3) is 4.28. The monoisotopic (exact) mass is 487 g/mol. The fourth-order valence-electron chi connectivity index (χ4n) is 3.73. The van der Waals surface area contributed by atoms with Gasteiger partial charge in [-0.1, -0.05) is 11.6 Å². The van der Waals surface area contributed by atoms with Crippen LogP contribution in [0.25, 0.3) is 22.2 Å². The van der Waals surface area contributed by atoms with Gasteiger partial charge in [0, 0.05) is 52.3 Å². The highest BCUT2D eigenvalue weighted by Gasteiger charge is 2.22. The van der Waals surface area contributed by atoms with Gasteiger partial charge < -0.3 is 19.8 Å². The van der Waals surface area contributed by atoms with Crippen LogP contribution in [0.5, 0.6) is 0 Å². The van der Waals surface area contributed by atoms with Crippen molar-refractivity contribution >= 4 is 39.7 Å². The molecule has 1 aromatic carbocycles. The SMILES string of the molecule is OCc1csc(C(O)c2cc(-c3ncnc4cc(N5CCOCC5)ncc34)c(F)cc2Cl)n1. The summed E-state index contributed by atoms with van der Waals surface area (Å²) in [5, 5.41) is 22.7. The first kappa shape index (κ1) is 22.1. The first-order valence-electron chi connectivity index (χ1n) is 10.2. The van der Waals surface area contributed by atoms with Crippen molar-refractivity contribution in [1.82, 2.24) is 19.9 Å². The molecule has 0 spiro atoms. The number of aromatic nitrogens is 4. The molecule has 4 heterocycles. The van der Waals surface area contributed by atoms with E-state index in [2.05, 4.69) is 24.8 Å². The number of aliphatic hydroxyl groups excluding tert-OH is 2. The molecule has 3 aromatic heterocycles. The number of halogens is 2. The maximum atomic E-state index is 15.0. The predicted molar refractivity (Wildman–Crippen MR) is 123 cm³/mol. The highest BCUT2D eigenvalue weighted by molar-refractivity contribution is 7.09. The van der Waals surface area contributed by atoms with Gasteiger partial charge in [0.15, 0.2) is 0 Å². The lowest BCUT2D eigenvalue weighted by Crippen LogP contribution is -2.36. The number of hydrogen-bond donors (Lipinski definition) is 2. The highest BCUT2D eigenvalue weighted by Crippen LogP contribution is 2.36. The summed E-state index contributed by atoms with van der Waals surface area (Å²) < 4.78 is 20.4. The molecule has 0 bridgehead atoms. The predicted octanol–water partition coefficient (Wildman–Crippen LogP) is 3.35. The van der Waals surface area contributed by atoms with Gasteiger partial charge in [-0.3, -0.25) is 0 Å². The second-order valence-electron chi connectivity index (χ2n) is 7.47. The third-order valence-corrected chi connectivity index (χ3v) is 6.72. The topological polar surface area (TPSA) is 104 Å². The minimum atomic E-state index is -1.18. The average molecular weight is 488 g/mol. The van der Waals surface area contributed by atoms with Gasteiger partial charge in [-0.25, -0.2) is 24.3 Å². The number of nitrogens with zero attached hydrogens (tertiary/aromatic N) is 5. The number of pyridine rings is 1. The summed E-state index contributed by atoms with van der Waals surface area (Å²) >= 11 is 7.45. The number of benzene rings is 1. The smallest absolute Gasteiger partial charge is 0.134 e. The van der Waals surface area contributed by atoms with E-state index in [4.69, 9.17) is 16.3 Å². The number of aliphatic hydroxyl groups is 2. The fourth-order valence-corrected chi connectivity index (χ4v) is 4.80. The fraction of sp³-hybridized carbons (Fsp3) is 0.273. The molecule has 1 aliphatic rings. The summed E-state index contributed by atoms with van der Waals surface area (Å²) in [7, 11) is 0. The number of morpholine rings is 1. The molecule has 5 rings (SSSR count). The lowest BCUT2D eigenvalue weighted by molar-refractivity contribution is 0.122. The van der Waals surface area contributed by atoms with Gasteiger partial charge >= 0.3 is 0 Å². The van der Waals surface area contributed by atoms with E-state index in [0.29, 0.717) is 40.5 Å². The molecular weight excluding hydrogens is 469 g/mol. The van der Waals surface area contributed by atoms with Gasteiger partial charge in [-0.2, -0.15) is 0 Å². The van der Waals surface area contributed by atoms with Crippen LogP contribution in [0.15, 0.2) is 36.1 Å². The second-order valence-corrected chi connectivity index (χ2v) is 8.77. The van der Waals surface area contributed by atoms with E-state index in [0.717, 1.165) is 25.0 Å². The molecule has 11 heteroatoms. The quantitative estimate of drug-likeness (QED) is 0.441. The maximum absolute atomic E-state index is 15.0. The van der Waals surface area contributed by atoms with Crippen LogP contribution >= 0.6 is 22.9 Å². The summed E-state index contributed by atoms with van der Waals surface area (Å²) in [6, 6.07) is 4.47. The number of ether oxygens (including phenoxy) is 1. The molecule has 8 nitrogen and oxygen atoms in total. The molecule has 33 heavy (non-hydrogen) atoms. The van der Waals surface area contributed by atoms with E-state index < -0.39 is 11.9 Å². The van der Waals surface area contributed by atoms with E-state index in [1.165, 1.54) is 23.7 Å². The van der Waals surface area contributed by atoms with Crippen molar-refractivity contribution < 1.29 is 19.3 Å². The lowest BCUT2D eigenvalue weighted by Gasteiger charge is -2.27. The standard InChI is InChI=1S/C22H19ClFN5O3S/c23-16-6-17(24)14(5-13(16)21(31)22-28-12(9-30)10-33-22)20-15-8-25-19(7-18(15)26-11-27-20)29-1-3-32-4-2-29/h5-8,10-11,21,30-31H,1-4,9H2. The van der Waals surface area contributed by atoms with E-state index >= 15 is 4.39 Å². The van der Waals surface area contributed by atoms with Crippen molar-refractivity contribution in [3.8, 4) is 11.3 Å². The highest BCUT2D eigenvalue weighted by atomic mass is 35.5. The van der Waals surface area contributed by atoms with Crippen LogP contribution in [-0.4, -0.2) is 56.5 Å². The van der Waals surface area contributed by atoms with Gasteiger partial charge in [-0.15, -0.1) is 11.3 Å². The normalized spacial score (nSPS) is 15.2. The summed E-state index contributed by atoms with van der Waals surface area (Å²) in [5.74, 6) is 0.190. The van der Waals surface area contributed by atoms with E-state index in [-0.39, 0.29) is 22.8 Å². The lowest BCUT2D eigenvalue weighted by atomic mass is 10.0. The molecule has 0 saturated carbocycles. The van der Waals surface area contributed by atoms with Crippen LogP contribution in [0.2, 0.25) is 5.02 Å². The van der Waals surface area contributed by atoms with Crippen LogP contribution in [-0.2, 0) is 11.3 Å². The Hall–Kier alpha value is -2.76. The number of fused-ring (bicyclic) bond motifs is 1. The van der Waals surface area contributed by atoms with Crippen LogP contribution in [0.4, 0.5) is 10.2 Å². The molecule has 1 aliphatic heterocycles. The van der Waals surface area contributed by atoms with Gasteiger partial charge in [0.05, 0.1) is 36.7 Å². The molecule has 170 valence electrons. The zero-order valence-corrected chi connectivity index (χ0v) is 18.9. The van der Waals surface area contributed by atoms with E-state index in [1.54, 1.807) is 11.6 Å². The van der Waals surface area contributed by atoms with Gasteiger partial charge in [0.25, 0.3) is 0 Å². The summed E-state index contributed by atoms with van der Waals surface area (Å²) in [6.07, 6.45) is 1.83. The minimum Gasteiger partial charge on any atom is -0.390 e. The van der Waals surface area contributed by atoms with E-state index in [9.17, 15) is 10.2 Å². The molecule has 1 fully saturated rings. The van der Waals surface area contributed by atoms with Crippen LogP contribution in [0, 0.1) is 5.82 Å². The van der Waals surface area contributed by atoms with Crippen molar-refractivity contribution in [2.75, 3.05) is 31.2 Å². The molecule has 0 aliphatic carbocycles. The Bertz CT molecular complexity index is 1310. The molecule has 2 N–H and O–H groups in total. The van der Waals surface area contributed by atoms with Crippen LogP contribution in [0.1, 0.15) is 22.4 Å². The molecule has 4 aromatic rings. The number of rotatable bonds is 5. The Kier molecular flexibility index (Phi) is 6.17. The minimum absolute atomic E-state index is 0.0654. The first-order valence-corrected chi connectivity index (χ1v) is 11.5. The van der Waals surface area contributed by atoms with Crippen LogP contribution < -0.4 is 4.90 Å². The number of anilines is 1. The summed E-state index contributed by atoms with van der Waals surface area (Å²) in [6.45, 7) is 2.50. The average Bonchev–Trinajstić information content (AvgIpc) is 3.33. The van der Waals surface area contributed by atoms with Crippen molar-refractivity contribution in [1.29, 1.82) is 0 Å². The Morgan fingerprint density at radius 3 is 2.76 bits per heavy atom. The number of thiazole rings is 1. The van der Waals surface area contributed by atoms with Crippen molar-refractivity contribution in [2.45, 2.75) is 12.7 Å². The zero-order chi connectivity index (χ0) is 22.9.